The van der Waals surface area contributed by atoms with Gasteiger partial charge in [-0.25, -0.2) is 4.79 Å². The molecular weight excluding hydrogens is 362 g/mol. The summed E-state index contributed by atoms with van der Waals surface area (Å²) in [5, 5.41) is 2.53. The van der Waals surface area contributed by atoms with Gasteiger partial charge in [-0.05, 0) is 53.4 Å². The maximum Gasteiger partial charge on any atom is 0.344 e. The van der Waals surface area contributed by atoms with Crippen molar-refractivity contribution in [2.75, 3.05) is 13.2 Å². The minimum atomic E-state index is -0.354. The third-order valence-electron chi connectivity index (χ3n) is 5.24. The van der Waals surface area contributed by atoms with Crippen molar-refractivity contribution < 1.29 is 14.3 Å². The molecule has 4 aromatic rings. The van der Waals surface area contributed by atoms with Gasteiger partial charge in [-0.3, -0.25) is 0 Å². The molecule has 2 heterocycles. The standard InChI is InChI=1S/C25H25NO3/c1-3-18-15-23-24(29-17-25(27)28-4-2)13-8-14-26(23)22(18)16-20-11-7-10-19-9-5-6-12-21(19)20/h5-15H,3-4,16-17H2,1-2H3. The van der Waals surface area contributed by atoms with E-state index in [-0.39, 0.29) is 12.6 Å². The van der Waals surface area contributed by atoms with E-state index in [4.69, 9.17) is 9.47 Å². The van der Waals surface area contributed by atoms with Crippen LogP contribution in [0.5, 0.6) is 5.75 Å². The summed E-state index contributed by atoms with van der Waals surface area (Å²) in [6.07, 6.45) is 3.82. The summed E-state index contributed by atoms with van der Waals surface area (Å²) in [6, 6.07) is 21.0. The quantitative estimate of drug-likeness (QED) is 0.410. The molecule has 0 spiro atoms. The molecular formula is C25H25NO3. The van der Waals surface area contributed by atoms with E-state index in [0.717, 1.165) is 18.4 Å². The number of carbonyl (C=O) groups excluding carboxylic acids is 1. The van der Waals surface area contributed by atoms with Gasteiger partial charge in [0.2, 0.25) is 0 Å². The molecule has 0 saturated carbocycles. The number of ether oxygens (including phenoxy) is 2. The molecule has 29 heavy (non-hydrogen) atoms. The van der Waals surface area contributed by atoms with Crippen molar-refractivity contribution in [1.29, 1.82) is 0 Å². The second-order valence-corrected chi connectivity index (χ2v) is 7.01. The van der Waals surface area contributed by atoms with Crippen LogP contribution < -0.4 is 4.74 Å². The molecule has 4 rings (SSSR count). The predicted octanol–water partition coefficient (Wildman–Crippen LogP) is 5.19. The summed E-state index contributed by atoms with van der Waals surface area (Å²) < 4.78 is 12.9. The number of esters is 1. The molecule has 0 fully saturated rings. The van der Waals surface area contributed by atoms with Crippen LogP contribution >= 0.6 is 0 Å². The fraction of sp³-hybridized carbons (Fsp3) is 0.240. The first-order valence-corrected chi connectivity index (χ1v) is 10.1. The normalized spacial score (nSPS) is 11.1. The fourth-order valence-electron chi connectivity index (χ4n) is 3.87. The lowest BCUT2D eigenvalue weighted by Crippen LogP contribution is -2.14. The second kappa shape index (κ2) is 8.39. The molecule has 0 N–H and O–H groups in total. The van der Waals surface area contributed by atoms with Crippen molar-refractivity contribution >= 4 is 22.3 Å². The predicted molar refractivity (Wildman–Crippen MR) is 116 cm³/mol. The summed E-state index contributed by atoms with van der Waals surface area (Å²) in [7, 11) is 0. The van der Waals surface area contributed by atoms with Gasteiger partial charge in [-0.15, -0.1) is 0 Å². The Morgan fingerprint density at radius 3 is 2.62 bits per heavy atom. The molecule has 0 amide bonds. The molecule has 0 aliphatic rings. The Balaban J connectivity index is 1.72. The molecule has 2 aromatic carbocycles. The SMILES string of the molecule is CCOC(=O)COc1cccn2c(Cc3cccc4ccccc34)c(CC)cc12. The highest BCUT2D eigenvalue weighted by Gasteiger charge is 2.15. The van der Waals surface area contributed by atoms with Crippen molar-refractivity contribution in [3.8, 4) is 5.75 Å². The third-order valence-corrected chi connectivity index (χ3v) is 5.24. The van der Waals surface area contributed by atoms with E-state index < -0.39 is 0 Å². The lowest BCUT2D eigenvalue weighted by molar-refractivity contribution is -0.145. The highest BCUT2D eigenvalue weighted by molar-refractivity contribution is 5.86. The number of hydrogen-bond donors (Lipinski definition) is 0. The van der Waals surface area contributed by atoms with Gasteiger partial charge in [0.15, 0.2) is 6.61 Å². The number of rotatable bonds is 7. The number of benzene rings is 2. The molecule has 0 unspecified atom stereocenters. The van der Waals surface area contributed by atoms with Crippen LogP contribution in [0.15, 0.2) is 66.9 Å². The number of carbonyl (C=O) groups is 1. The second-order valence-electron chi connectivity index (χ2n) is 7.01. The lowest BCUT2D eigenvalue weighted by atomic mass is 9.99. The Bertz CT molecular complexity index is 1150. The first-order valence-electron chi connectivity index (χ1n) is 10.1. The van der Waals surface area contributed by atoms with Gasteiger partial charge in [-0.1, -0.05) is 49.4 Å². The summed E-state index contributed by atoms with van der Waals surface area (Å²) in [5.41, 5.74) is 4.81. The Morgan fingerprint density at radius 2 is 1.79 bits per heavy atom. The van der Waals surface area contributed by atoms with Gasteiger partial charge in [0.1, 0.15) is 5.75 Å². The van der Waals surface area contributed by atoms with E-state index in [1.165, 1.54) is 27.6 Å². The average molecular weight is 387 g/mol. The number of nitrogens with zero attached hydrogens (tertiary/aromatic N) is 1. The van der Waals surface area contributed by atoms with E-state index in [9.17, 15) is 4.79 Å². The van der Waals surface area contributed by atoms with Gasteiger partial charge in [0, 0.05) is 18.3 Å². The van der Waals surface area contributed by atoms with Gasteiger partial charge in [-0.2, -0.15) is 0 Å². The number of pyridine rings is 1. The first-order chi connectivity index (χ1) is 14.2. The van der Waals surface area contributed by atoms with Gasteiger partial charge >= 0.3 is 5.97 Å². The van der Waals surface area contributed by atoms with Crippen molar-refractivity contribution in [3.63, 3.8) is 0 Å². The zero-order valence-electron chi connectivity index (χ0n) is 16.9. The van der Waals surface area contributed by atoms with E-state index in [2.05, 4.69) is 66.1 Å². The fourth-order valence-corrected chi connectivity index (χ4v) is 3.87. The lowest BCUT2D eigenvalue weighted by Gasteiger charge is -2.11. The molecule has 4 nitrogen and oxygen atoms in total. The van der Waals surface area contributed by atoms with Crippen molar-refractivity contribution in [1.82, 2.24) is 4.40 Å². The Morgan fingerprint density at radius 1 is 0.966 bits per heavy atom. The van der Waals surface area contributed by atoms with Gasteiger partial charge in [0.25, 0.3) is 0 Å². The minimum absolute atomic E-state index is 0.0845. The van der Waals surface area contributed by atoms with E-state index >= 15 is 0 Å². The molecule has 148 valence electrons. The Labute approximate surface area is 170 Å². The molecule has 0 saturated heterocycles. The number of aryl methyl sites for hydroxylation is 1. The molecule has 0 aliphatic heterocycles. The Hall–Kier alpha value is -3.27. The van der Waals surface area contributed by atoms with Crippen molar-refractivity contribution in [3.05, 3.63) is 83.7 Å². The van der Waals surface area contributed by atoms with Gasteiger partial charge in [0.05, 0.1) is 12.1 Å². The zero-order valence-corrected chi connectivity index (χ0v) is 16.9. The molecule has 0 bridgehead atoms. The maximum atomic E-state index is 11.7. The van der Waals surface area contributed by atoms with Crippen LogP contribution in [0.1, 0.15) is 30.7 Å². The zero-order chi connectivity index (χ0) is 20.2. The Kier molecular flexibility index (Phi) is 5.52. The van der Waals surface area contributed by atoms with E-state index in [1.807, 2.05) is 12.1 Å². The van der Waals surface area contributed by atoms with Gasteiger partial charge < -0.3 is 13.9 Å². The summed E-state index contributed by atoms with van der Waals surface area (Å²) in [5.74, 6) is 0.340. The van der Waals surface area contributed by atoms with Crippen LogP contribution in [0.2, 0.25) is 0 Å². The van der Waals surface area contributed by atoms with Crippen LogP contribution in [-0.2, 0) is 22.4 Å². The van der Waals surface area contributed by atoms with Crippen molar-refractivity contribution in [2.24, 2.45) is 0 Å². The average Bonchev–Trinajstić information content (AvgIpc) is 3.11. The molecule has 0 radical (unpaired) electrons. The van der Waals surface area contributed by atoms with Crippen LogP contribution in [0, 0.1) is 0 Å². The third kappa shape index (κ3) is 3.83. The summed E-state index contributed by atoms with van der Waals surface area (Å²) in [6.45, 7) is 4.23. The van der Waals surface area contributed by atoms with E-state index in [0.29, 0.717) is 12.4 Å². The highest BCUT2D eigenvalue weighted by atomic mass is 16.6. The number of aromatic nitrogens is 1. The maximum absolute atomic E-state index is 11.7. The monoisotopic (exact) mass is 387 g/mol. The highest BCUT2D eigenvalue weighted by Crippen LogP contribution is 2.29. The topological polar surface area (TPSA) is 39.9 Å². The number of hydrogen-bond acceptors (Lipinski definition) is 3. The molecule has 4 heteroatoms. The van der Waals surface area contributed by atoms with Crippen molar-refractivity contribution in [2.45, 2.75) is 26.7 Å². The largest absolute Gasteiger partial charge is 0.480 e. The molecule has 0 atom stereocenters. The first kappa shape index (κ1) is 19.1. The van der Waals surface area contributed by atoms with Crippen LogP contribution in [0.3, 0.4) is 0 Å². The van der Waals surface area contributed by atoms with E-state index in [1.54, 1.807) is 6.92 Å². The molecule has 2 aromatic heterocycles. The van der Waals surface area contributed by atoms with Crippen LogP contribution in [-0.4, -0.2) is 23.6 Å². The summed E-state index contributed by atoms with van der Waals surface area (Å²) in [4.78, 5) is 11.7. The number of fused-ring (bicyclic) bond motifs is 2. The van der Waals surface area contributed by atoms with Crippen LogP contribution in [0.4, 0.5) is 0 Å². The minimum Gasteiger partial charge on any atom is -0.480 e. The summed E-state index contributed by atoms with van der Waals surface area (Å²) >= 11 is 0. The molecule has 0 aliphatic carbocycles. The van der Waals surface area contributed by atoms with Crippen LogP contribution in [0.25, 0.3) is 16.3 Å². The smallest absolute Gasteiger partial charge is 0.344 e.